The molecule has 0 saturated heterocycles. The highest BCUT2D eigenvalue weighted by atomic mass is 16.5. The van der Waals surface area contributed by atoms with Crippen molar-refractivity contribution in [3.8, 4) is 11.5 Å². The van der Waals surface area contributed by atoms with Crippen LogP contribution < -0.4 is 9.47 Å². The van der Waals surface area contributed by atoms with Crippen molar-refractivity contribution in [2.45, 2.75) is 32.9 Å². The van der Waals surface area contributed by atoms with Gasteiger partial charge in [-0.2, -0.15) is 0 Å². The Bertz CT molecular complexity index is 673. The molecule has 0 radical (unpaired) electrons. The predicted molar refractivity (Wildman–Crippen MR) is 92.3 cm³/mol. The Kier molecular flexibility index (Phi) is 5.27. The number of rotatable bonds is 5. The van der Waals surface area contributed by atoms with Gasteiger partial charge >= 0.3 is 0 Å². The van der Waals surface area contributed by atoms with Crippen LogP contribution in [0.5, 0.6) is 11.5 Å². The number of hydrogen-bond donors (Lipinski definition) is 0. The highest BCUT2D eigenvalue weighted by Gasteiger charge is 2.18. The van der Waals surface area contributed by atoms with Crippen LogP contribution in [0, 0.1) is 5.21 Å². The Morgan fingerprint density at radius 2 is 1.74 bits per heavy atom. The summed E-state index contributed by atoms with van der Waals surface area (Å²) in [6.07, 6.45) is 1.56. The van der Waals surface area contributed by atoms with Gasteiger partial charge in [-0.15, -0.1) is 0 Å². The monoisotopic (exact) mass is 313 g/mol. The molecule has 0 N–H and O–H groups in total. The second kappa shape index (κ2) is 7.18. The molecule has 2 rings (SSSR count). The van der Waals surface area contributed by atoms with Crippen molar-refractivity contribution in [2.75, 3.05) is 7.11 Å². The van der Waals surface area contributed by atoms with Crippen LogP contribution in [0.3, 0.4) is 0 Å². The SMILES string of the molecule is COc1cc(/C=[N+](\[O-])C(C)(C)C)ccc1OCc1ccccc1. The molecule has 4 nitrogen and oxygen atoms in total. The van der Waals surface area contributed by atoms with E-state index in [1.54, 1.807) is 19.4 Å². The van der Waals surface area contributed by atoms with Crippen LogP contribution in [-0.4, -0.2) is 23.6 Å². The van der Waals surface area contributed by atoms with Crippen LogP contribution in [0.25, 0.3) is 0 Å². The van der Waals surface area contributed by atoms with Crippen molar-refractivity contribution in [1.29, 1.82) is 0 Å². The molecule has 122 valence electrons. The van der Waals surface area contributed by atoms with Crippen LogP contribution >= 0.6 is 0 Å². The largest absolute Gasteiger partial charge is 0.623 e. The lowest BCUT2D eigenvalue weighted by molar-refractivity contribution is -0.530. The summed E-state index contributed by atoms with van der Waals surface area (Å²) in [4.78, 5) is 0. The number of hydrogen-bond acceptors (Lipinski definition) is 3. The van der Waals surface area contributed by atoms with E-state index in [0.717, 1.165) is 15.9 Å². The lowest BCUT2D eigenvalue weighted by Gasteiger charge is -2.18. The summed E-state index contributed by atoms with van der Waals surface area (Å²) in [6, 6.07) is 15.4. The second-order valence-electron chi connectivity index (χ2n) is 6.31. The van der Waals surface area contributed by atoms with Crippen LogP contribution in [0.15, 0.2) is 48.5 Å². The fourth-order valence-corrected chi connectivity index (χ4v) is 1.95. The lowest BCUT2D eigenvalue weighted by atomic mass is 10.1. The molecule has 0 aliphatic heterocycles. The first-order valence-corrected chi connectivity index (χ1v) is 7.56. The van der Waals surface area contributed by atoms with Crippen LogP contribution in [-0.2, 0) is 6.61 Å². The number of methoxy groups -OCH3 is 1. The van der Waals surface area contributed by atoms with Gasteiger partial charge in [-0.3, -0.25) is 0 Å². The standard InChI is InChI=1S/C19H23NO3/c1-19(2,3)20(21)13-16-10-11-17(18(12-16)22-4)23-14-15-8-6-5-7-9-15/h5-13H,14H2,1-4H3/b20-13-. The third kappa shape index (κ3) is 4.74. The molecule has 2 aromatic carbocycles. The Hall–Kier alpha value is -2.49. The molecule has 0 amide bonds. The molecule has 2 aromatic rings. The van der Waals surface area contributed by atoms with E-state index in [1.165, 1.54) is 0 Å². The summed E-state index contributed by atoms with van der Waals surface area (Å²) in [5.41, 5.74) is 1.39. The minimum atomic E-state index is -0.476. The summed E-state index contributed by atoms with van der Waals surface area (Å²) in [7, 11) is 1.59. The third-order valence-corrected chi connectivity index (χ3v) is 3.35. The van der Waals surface area contributed by atoms with Gasteiger partial charge in [-0.1, -0.05) is 30.3 Å². The second-order valence-corrected chi connectivity index (χ2v) is 6.31. The first-order chi connectivity index (χ1) is 10.9. The molecular weight excluding hydrogens is 290 g/mol. The van der Waals surface area contributed by atoms with Crippen molar-refractivity contribution in [3.05, 3.63) is 64.9 Å². The summed E-state index contributed by atoms with van der Waals surface area (Å²) in [5.74, 6) is 1.26. The number of benzene rings is 2. The lowest BCUT2D eigenvalue weighted by Crippen LogP contribution is -2.29. The van der Waals surface area contributed by atoms with Crippen molar-refractivity contribution < 1.29 is 14.2 Å². The van der Waals surface area contributed by atoms with Gasteiger partial charge in [-0.25, -0.2) is 4.74 Å². The quantitative estimate of drug-likeness (QED) is 0.363. The van der Waals surface area contributed by atoms with E-state index in [0.29, 0.717) is 18.1 Å². The zero-order valence-corrected chi connectivity index (χ0v) is 14.1. The van der Waals surface area contributed by atoms with Gasteiger partial charge < -0.3 is 14.7 Å². The van der Waals surface area contributed by atoms with Crippen LogP contribution in [0.4, 0.5) is 0 Å². The van der Waals surface area contributed by atoms with E-state index in [4.69, 9.17) is 9.47 Å². The first kappa shape index (κ1) is 16.9. The van der Waals surface area contributed by atoms with E-state index in [9.17, 15) is 5.21 Å². The summed E-state index contributed by atoms with van der Waals surface area (Å²) in [6.45, 7) is 6.07. The Balaban J connectivity index is 2.17. The van der Waals surface area contributed by atoms with Gasteiger partial charge in [0.05, 0.1) is 7.11 Å². The van der Waals surface area contributed by atoms with E-state index in [1.807, 2.05) is 63.2 Å². The van der Waals surface area contributed by atoms with E-state index in [2.05, 4.69) is 0 Å². The van der Waals surface area contributed by atoms with Gasteiger partial charge in [0, 0.05) is 26.3 Å². The zero-order chi connectivity index (χ0) is 16.9. The Morgan fingerprint density at radius 1 is 1.04 bits per heavy atom. The number of nitrogens with zero attached hydrogens (tertiary/aromatic N) is 1. The smallest absolute Gasteiger partial charge is 0.182 e. The van der Waals surface area contributed by atoms with E-state index < -0.39 is 5.54 Å². The molecule has 0 fully saturated rings. The summed E-state index contributed by atoms with van der Waals surface area (Å²) < 4.78 is 12.1. The highest BCUT2D eigenvalue weighted by Crippen LogP contribution is 2.28. The molecular formula is C19H23NO3. The van der Waals surface area contributed by atoms with Gasteiger partial charge in [-0.05, 0) is 23.8 Å². The normalized spacial score (nSPS) is 12.1. The van der Waals surface area contributed by atoms with Crippen molar-refractivity contribution in [1.82, 2.24) is 0 Å². The molecule has 0 aliphatic rings. The van der Waals surface area contributed by atoms with Gasteiger partial charge in [0.25, 0.3) is 0 Å². The maximum atomic E-state index is 12.0. The minimum Gasteiger partial charge on any atom is -0.623 e. The molecule has 23 heavy (non-hydrogen) atoms. The van der Waals surface area contributed by atoms with Crippen molar-refractivity contribution in [3.63, 3.8) is 0 Å². The van der Waals surface area contributed by atoms with Crippen molar-refractivity contribution >= 4 is 6.21 Å². The Morgan fingerprint density at radius 3 is 2.35 bits per heavy atom. The topological polar surface area (TPSA) is 44.5 Å². The molecule has 0 bridgehead atoms. The van der Waals surface area contributed by atoms with Gasteiger partial charge in [0.15, 0.2) is 23.3 Å². The maximum Gasteiger partial charge on any atom is 0.182 e. The predicted octanol–water partition coefficient (Wildman–Crippen LogP) is 4.00. The van der Waals surface area contributed by atoms with Crippen LogP contribution in [0.2, 0.25) is 0 Å². The Labute approximate surface area is 137 Å². The molecule has 0 spiro atoms. The van der Waals surface area contributed by atoms with Gasteiger partial charge in [0.1, 0.15) is 6.61 Å². The van der Waals surface area contributed by atoms with Crippen molar-refractivity contribution in [2.24, 2.45) is 0 Å². The number of ether oxygens (including phenoxy) is 2. The summed E-state index contributed by atoms with van der Waals surface area (Å²) >= 11 is 0. The van der Waals surface area contributed by atoms with Crippen LogP contribution in [0.1, 0.15) is 31.9 Å². The molecule has 0 unspecified atom stereocenters. The highest BCUT2D eigenvalue weighted by molar-refractivity contribution is 5.77. The van der Waals surface area contributed by atoms with E-state index >= 15 is 0 Å². The zero-order valence-electron chi connectivity index (χ0n) is 14.1. The molecule has 0 aliphatic carbocycles. The van der Waals surface area contributed by atoms with E-state index in [-0.39, 0.29) is 0 Å². The average molecular weight is 313 g/mol. The summed E-state index contributed by atoms with van der Waals surface area (Å²) in [5, 5.41) is 12.0. The third-order valence-electron chi connectivity index (χ3n) is 3.35. The van der Waals surface area contributed by atoms with Gasteiger partial charge in [0.2, 0.25) is 0 Å². The molecule has 0 heterocycles. The fraction of sp³-hybridized carbons (Fsp3) is 0.316. The molecule has 0 atom stereocenters. The fourth-order valence-electron chi connectivity index (χ4n) is 1.95. The molecule has 0 aromatic heterocycles. The maximum absolute atomic E-state index is 12.0. The number of hydroxylamine groups is 1. The molecule has 0 saturated carbocycles. The molecule has 4 heteroatoms. The average Bonchev–Trinajstić information content (AvgIpc) is 2.53. The first-order valence-electron chi connectivity index (χ1n) is 7.56. The minimum absolute atomic E-state index is 0.468.